The molecule has 0 aliphatic carbocycles. The lowest BCUT2D eigenvalue weighted by Crippen LogP contribution is -2.16. The Morgan fingerprint density at radius 2 is 1.67 bits per heavy atom. The molecule has 0 saturated carbocycles. The molecule has 0 heterocycles. The molecule has 0 aliphatic rings. The van der Waals surface area contributed by atoms with Crippen LogP contribution < -0.4 is 0 Å². The van der Waals surface area contributed by atoms with E-state index in [0.29, 0.717) is 13.0 Å². The Balaban J connectivity index is 3.75. The van der Waals surface area contributed by atoms with E-state index in [2.05, 4.69) is 6.92 Å². The quantitative estimate of drug-likeness (QED) is 0.342. The summed E-state index contributed by atoms with van der Waals surface area (Å²) in [7, 11) is 0. The highest BCUT2D eigenvalue weighted by Crippen LogP contribution is 2.04. The summed E-state index contributed by atoms with van der Waals surface area (Å²) in [5, 5.41) is 0. The number of hydrogen-bond acceptors (Lipinski definition) is 4. The second-order valence-corrected chi connectivity index (χ2v) is 4.96. The van der Waals surface area contributed by atoms with E-state index in [1.165, 1.54) is 0 Å². The van der Waals surface area contributed by atoms with Gasteiger partial charge < -0.3 is 4.74 Å². The van der Waals surface area contributed by atoms with Crippen molar-refractivity contribution in [3.05, 3.63) is 0 Å². The molecule has 0 rings (SSSR count). The summed E-state index contributed by atoms with van der Waals surface area (Å²) in [5.74, 6) is -0.704. The van der Waals surface area contributed by atoms with Gasteiger partial charge in [-0.05, 0) is 12.3 Å². The molecule has 0 atom stereocenters. The van der Waals surface area contributed by atoms with E-state index in [0.717, 1.165) is 19.3 Å². The van der Waals surface area contributed by atoms with Crippen molar-refractivity contribution in [3.63, 3.8) is 0 Å². The molecule has 4 heteroatoms. The number of esters is 1. The highest BCUT2D eigenvalue weighted by atomic mass is 16.5. The second kappa shape index (κ2) is 9.80. The van der Waals surface area contributed by atoms with Crippen molar-refractivity contribution >= 4 is 17.5 Å². The second-order valence-electron chi connectivity index (χ2n) is 4.96. The molecule has 0 bridgehead atoms. The van der Waals surface area contributed by atoms with Crippen LogP contribution in [0.25, 0.3) is 0 Å². The van der Waals surface area contributed by atoms with Crippen molar-refractivity contribution in [1.82, 2.24) is 0 Å². The van der Waals surface area contributed by atoms with E-state index in [9.17, 15) is 14.4 Å². The van der Waals surface area contributed by atoms with Crippen LogP contribution in [0.15, 0.2) is 0 Å². The number of hydrogen-bond donors (Lipinski definition) is 0. The highest BCUT2D eigenvalue weighted by Gasteiger charge is 2.14. The van der Waals surface area contributed by atoms with E-state index in [1.807, 2.05) is 13.8 Å². The fraction of sp³-hybridized carbons (Fsp3) is 0.786. The number of Topliss-reactive ketones (excluding diaryl/α,β-unsaturated/α-hetero) is 2. The van der Waals surface area contributed by atoms with Crippen molar-refractivity contribution in [3.8, 4) is 0 Å². The molecule has 0 radical (unpaired) electrons. The van der Waals surface area contributed by atoms with Gasteiger partial charge in [0.15, 0.2) is 5.78 Å². The number of ether oxygens (including phenoxy) is 1. The Morgan fingerprint density at radius 3 is 2.22 bits per heavy atom. The monoisotopic (exact) mass is 256 g/mol. The fourth-order valence-electron chi connectivity index (χ4n) is 1.41. The van der Waals surface area contributed by atoms with Gasteiger partial charge in [0.05, 0.1) is 13.0 Å². The molecular formula is C14H24O4. The van der Waals surface area contributed by atoms with Gasteiger partial charge in [0.1, 0.15) is 12.2 Å². The van der Waals surface area contributed by atoms with Crippen LogP contribution in [0, 0.1) is 5.92 Å². The molecule has 0 N–H and O–H groups in total. The number of carbonyl (C=O) groups excluding carboxylic acids is 3. The smallest absolute Gasteiger partial charge is 0.313 e. The zero-order valence-corrected chi connectivity index (χ0v) is 11.7. The van der Waals surface area contributed by atoms with Crippen molar-refractivity contribution in [2.24, 2.45) is 5.92 Å². The van der Waals surface area contributed by atoms with Gasteiger partial charge in [-0.2, -0.15) is 0 Å². The fourth-order valence-corrected chi connectivity index (χ4v) is 1.41. The maximum Gasteiger partial charge on any atom is 0.313 e. The summed E-state index contributed by atoms with van der Waals surface area (Å²) >= 11 is 0. The predicted octanol–water partition coefficient (Wildman–Crippen LogP) is 2.68. The van der Waals surface area contributed by atoms with Gasteiger partial charge in [0.25, 0.3) is 0 Å². The lowest BCUT2D eigenvalue weighted by molar-refractivity contribution is -0.147. The van der Waals surface area contributed by atoms with Crippen LogP contribution in [0.1, 0.15) is 59.3 Å². The van der Waals surface area contributed by atoms with E-state index in [1.54, 1.807) is 0 Å². The Labute approximate surface area is 109 Å². The molecule has 0 aromatic heterocycles. The van der Waals surface area contributed by atoms with Gasteiger partial charge in [-0.25, -0.2) is 0 Å². The number of rotatable bonds is 10. The average molecular weight is 256 g/mol. The summed E-state index contributed by atoms with van der Waals surface area (Å²) in [6.45, 7) is 6.22. The maximum atomic E-state index is 11.4. The van der Waals surface area contributed by atoms with Crippen LogP contribution in [0.2, 0.25) is 0 Å². The minimum absolute atomic E-state index is 0.0786. The Morgan fingerprint density at radius 1 is 1.00 bits per heavy atom. The van der Waals surface area contributed by atoms with Crippen LogP contribution in [0.5, 0.6) is 0 Å². The highest BCUT2D eigenvalue weighted by molar-refractivity contribution is 6.05. The van der Waals surface area contributed by atoms with Crippen molar-refractivity contribution in [2.45, 2.75) is 59.3 Å². The molecule has 0 fully saturated rings. The van der Waals surface area contributed by atoms with Crippen LogP contribution >= 0.6 is 0 Å². The molecule has 4 nitrogen and oxygen atoms in total. The largest absolute Gasteiger partial charge is 0.465 e. The van der Waals surface area contributed by atoms with Crippen molar-refractivity contribution < 1.29 is 19.1 Å². The summed E-state index contributed by atoms with van der Waals surface area (Å²) in [4.78, 5) is 34.1. The molecule has 0 amide bonds. The molecule has 18 heavy (non-hydrogen) atoms. The van der Waals surface area contributed by atoms with Crippen LogP contribution in [-0.4, -0.2) is 24.1 Å². The van der Waals surface area contributed by atoms with Crippen LogP contribution in [-0.2, 0) is 19.1 Å². The lowest BCUT2D eigenvalue weighted by atomic mass is 10.1. The van der Waals surface area contributed by atoms with Gasteiger partial charge in [-0.1, -0.05) is 33.6 Å². The van der Waals surface area contributed by atoms with Crippen molar-refractivity contribution in [2.75, 3.05) is 6.61 Å². The molecule has 0 aliphatic heterocycles. The van der Waals surface area contributed by atoms with Crippen LogP contribution in [0.3, 0.4) is 0 Å². The van der Waals surface area contributed by atoms with Crippen LogP contribution in [0.4, 0.5) is 0 Å². The summed E-state index contributed by atoms with van der Waals surface area (Å²) in [6.07, 6.45) is 2.87. The lowest BCUT2D eigenvalue weighted by Gasteiger charge is -2.06. The first-order chi connectivity index (χ1) is 8.45. The van der Waals surface area contributed by atoms with Gasteiger partial charge in [0.2, 0.25) is 0 Å². The molecule has 0 unspecified atom stereocenters. The van der Waals surface area contributed by atoms with Gasteiger partial charge in [0, 0.05) is 6.42 Å². The van der Waals surface area contributed by atoms with E-state index in [4.69, 9.17) is 4.74 Å². The Hall–Kier alpha value is -1.19. The zero-order valence-electron chi connectivity index (χ0n) is 11.7. The number of unbranched alkanes of at least 4 members (excludes halogenated alkanes) is 2. The third-order valence-corrected chi connectivity index (χ3v) is 2.37. The molecule has 0 aromatic rings. The minimum atomic E-state index is -0.532. The number of carbonyl (C=O) groups is 3. The molecule has 104 valence electrons. The van der Waals surface area contributed by atoms with E-state index in [-0.39, 0.29) is 30.3 Å². The third kappa shape index (κ3) is 10.00. The summed E-state index contributed by atoms with van der Waals surface area (Å²) in [5.41, 5.74) is 0. The molecule has 0 spiro atoms. The Kier molecular flexibility index (Phi) is 9.15. The Bertz CT molecular complexity index is 282. The van der Waals surface area contributed by atoms with Gasteiger partial charge in [-0.15, -0.1) is 0 Å². The molecular weight excluding hydrogens is 232 g/mol. The van der Waals surface area contributed by atoms with Gasteiger partial charge >= 0.3 is 5.97 Å². The summed E-state index contributed by atoms with van der Waals surface area (Å²) in [6, 6.07) is 0. The summed E-state index contributed by atoms with van der Waals surface area (Å²) < 4.78 is 4.88. The zero-order chi connectivity index (χ0) is 14.0. The van der Waals surface area contributed by atoms with E-state index < -0.39 is 5.97 Å². The van der Waals surface area contributed by atoms with E-state index >= 15 is 0 Å². The first-order valence-electron chi connectivity index (χ1n) is 6.64. The topological polar surface area (TPSA) is 60.4 Å². The molecule has 0 aromatic carbocycles. The first kappa shape index (κ1) is 16.8. The standard InChI is InChI=1S/C14H24O4/c1-4-5-6-7-12(15)8-13(16)9-14(17)18-10-11(2)3/h11H,4-10H2,1-3H3. The van der Waals surface area contributed by atoms with Gasteiger partial charge in [-0.3, -0.25) is 14.4 Å². The minimum Gasteiger partial charge on any atom is -0.465 e. The van der Waals surface area contributed by atoms with Crippen molar-refractivity contribution in [1.29, 1.82) is 0 Å². The number of ketones is 2. The maximum absolute atomic E-state index is 11.4. The average Bonchev–Trinajstić information content (AvgIpc) is 2.26. The predicted molar refractivity (Wildman–Crippen MR) is 69.2 cm³/mol. The third-order valence-electron chi connectivity index (χ3n) is 2.37. The molecule has 0 saturated heterocycles. The SMILES string of the molecule is CCCCCC(=O)CC(=O)CC(=O)OCC(C)C. The normalized spacial score (nSPS) is 10.4. The first-order valence-corrected chi connectivity index (χ1v) is 6.64.